The average molecular weight is 354 g/mol. The van der Waals surface area contributed by atoms with Crippen molar-refractivity contribution in [2.24, 2.45) is 16.1 Å². The number of azo groups is 1. The Morgan fingerprint density at radius 2 is 2.29 bits per heavy atom. The van der Waals surface area contributed by atoms with Gasteiger partial charge in [-0.15, -0.1) is 5.11 Å². The zero-order valence-electron chi connectivity index (χ0n) is 9.82. The lowest BCUT2D eigenvalue weighted by Crippen LogP contribution is -2.25. The third-order valence-corrected chi connectivity index (χ3v) is 2.44. The lowest BCUT2D eigenvalue weighted by molar-refractivity contribution is 0.0590. The minimum Gasteiger partial charge on any atom is -0.441 e. The maximum Gasteiger partial charge on any atom is 0.453 e. The highest BCUT2D eigenvalue weighted by molar-refractivity contribution is 14.1. The van der Waals surface area contributed by atoms with Crippen LogP contribution in [-0.2, 0) is 4.74 Å². The van der Waals surface area contributed by atoms with Crippen LogP contribution in [0.4, 0.5) is 4.79 Å². The molecule has 9 heteroatoms. The molecule has 96 valence electrons. The van der Waals surface area contributed by atoms with E-state index >= 15 is 0 Å². The molecule has 1 heterocycles. The van der Waals surface area contributed by atoms with Gasteiger partial charge in [0.05, 0.1) is 35.1 Å². The normalized spacial score (nSPS) is 16.9. The molecule has 0 aromatic carbocycles. The van der Waals surface area contributed by atoms with Crippen molar-refractivity contribution >= 4 is 29.0 Å². The van der Waals surface area contributed by atoms with Crippen molar-refractivity contribution in [3.8, 4) is 0 Å². The van der Waals surface area contributed by atoms with E-state index in [4.69, 9.17) is 10.6 Å². The topological polar surface area (TPSA) is 104 Å². The zero-order chi connectivity index (χ0) is 13.1. The first-order chi connectivity index (χ1) is 7.83. The summed E-state index contributed by atoms with van der Waals surface area (Å²) in [7, 11) is 0. The van der Waals surface area contributed by atoms with Gasteiger partial charge >= 0.3 is 6.09 Å². The molecule has 4 N–H and O–H groups in total. The van der Waals surface area contributed by atoms with Crippen LogP contribution in [-0.4, -0.2) is 21.5 Å². The summed E-state index contributed by atoms with van der Waals surface area (Å²) in [5.41, 5.74) is 5.48. The molecule has 0 spiro atoms. The molecular formula is C8H15IN6O2. The molecule has 0 bridgehead atoms. The molecule has 0 aromatic rings. The van der Waals surface area contributed by atoms with Gasteiger partial charge in [-0.2, -0.15) is 0 Å². The van der Waals surface area contributed by atoms with Gasteiger partial charge in [-0.1, -0.05) is 5.11 Å². The molecule has 8 nitrogen and oxygen atoms in total. The highest BCUT2D eigenvalue weighted by atomic mass is 127. The van der Waals surface area contributed by atoms with Crippen molar-refractivity contribution in [3.63, 3.8) is 0 Å². The Kier molecular flexibility index (Phi) is 4.65. The van der Waals surface area contributed by atoms with E-state index in [0.717, 1.165) is 0 Å². The number of amides is 1. The van der Waals surface area contributed by atoms with Gasteiger partial charge in [0.2, 0.25) is 0 Å². The van der Waals surface area contributed by atoms with Gasteiger partial charge < -0.3 is 10.2 Å². The fourth-order valence-corrected chi connectivity index (χ4v) is 1.56. The number of nitrogens with zero attached hydrogens (tertiary/aromatic N) is 3. The van der Waals surface area contributed by atoms with Crippen LogP contribution in [0.1, 0.15) is 20.8 Å². The molecule has 0 atom stereocenters. The molecule has 0 fully saturated rings. The fraction of sp³-hybridized carbons (Fsp3) is 0.625. The summed E-state index contributed by atoms with van der Waals surface area (Å²) in [5.74, 6) is 5.74. The first kappa shape index (κ1) is 14.1. The molecule has 1 aliphatic heterocycles. The number of nitrogens with one attached hydrogen (secondary N) is 2. The number of hydrogen-bond donors (Lipinski definition) is 3. The van der Waals surface area contributed by atoms with Crippen LogP contribution in [0.3, 0.4) is 0 Å². The van der Waals surface area contributed by atoms with Gasteiger partial charge in [-0.25, -0.2) is 13.4 Å². The molecule has 0 radical (unpaired) electrons. The smallest absolute Gasteiger partial charge is 0.441 e. The standard InChI is InChI=1S/C8H15IN6O2/c1-8(2,3)17-7(16)14-13-6-5(12-10)4-11-15(6)9/h11-12H,4,10H2,1-3H3. The van der Waals surface area contributed by atoms with E-state index in [1.807, 2.05) is 22.9 Å². The van der Waals surface area contributed by atoms with Gasteiger partial charge in [0.15, 0.2) is 5.82 Å². The maximum atomic E-state index is 11.3. The van der Waals surface area contributed by atoms with E-state index in [0.29, 0.717) is 18.1 Å². The van der Waals surface area contributed by atoms with Crippen molar-refractivity contribution < 1.29 is 9.53 Å². The molecule has 0 saturated heterocycles. The summed E-state index contributed by atoms with van der Waals surface area (Å²) < 4.78 is 6.57. The lowest BCUT2D eigenvalue weighted by Gasteiger charge is -2.16. The lowest BCUT2D eigenvalue weighted by atomic mass is 10.2. The third kappa shape index (κ3) is 4.44. The van der Waals surface area contributed by atoms with Crippen molar-refractivity contribution in [2.45, 2.75) is 26.4 Å². The van der Waals surface area contributed by atoms with Gasteiger partial charge in [0.25, 0.3) is 0 Å². The molecule has 0 unspecified atom stereocenters. The molecule has 1 amide bonds. The minimum absolute atomic E-state index is 0.443. The Morgan fingerprint density at radius 3 is 2.82 bits per heavy atom. The molecule has 17 heavy (non-hydrogen) atoms. The second-order valence-corrected chi connectivity index (χ2v) is 5.21. The molecule has 1 rings (SSSR count). The second kappa shape index (κ2) is 5.60. The fourth-order valence-electron chi connectivity index (χ4n) is 1.01. The van der Waals surface area contributed by atoms with Crippen LogP contribution in [0, 0.1) is 0 Å². The van der Waals surface area contributed by atoms with Crippen molar-refractivity contribution in [2.75, 3.05) is 6.54 Å². The number of hydrogen-bond acceptors (Lipinski definition) is 7. The average Bonchev–Trinajstić information content (AvgIpc) is 2.53. The van der Waals surface area contributed by atoms with Crippen LogP contribution < -0.4 is 16.7 Å². The third-order valence-electron chi connectivity index (χ3n) is 1.64. The summed E-state index contributed by atoms with van der Waals surface area (Å²) in [6.07, 6.45) is -0.738. The van der Waals surface area contributed by atoms with E-state index < -0.39 is 11.7 Å². The highest BCUT2D eigenvalue weighted by Gasteiger charge is 2.21. The van der Waals surface area contributed by atoms with Gasteiger partial charge in [-0.3, -0.25) is 5.84 Å². The van der Waals surface area contributed by atoms with Crippen LogP contribution in [0.2, 0.25) is 0 Å². The Morgan fingerprint density at radius 1 is 1.65 bits per heavy atom. The van der Waals surface area contributed by atoms with Crippen LogP contribution in [0.5, 0.6) is 0 Å². The number of halogens is 1. The predicted molar refractivity (Wildman–Crippen MR) is 69.3 cm³/mol. The number of carbonyl (C=O) groups excluding carboxylic acids is 1. The predicted octanol–water partition coefficient (Wildman–Crippen LogP) is 1.18. The van der Waals surface area contributed by atoms with Crippen LogP contribution >= 0.6 is 22.9 Å². The monoisotopic (exact) mass is 354 g/mol. The molecule has 0 aliphatic carbocycles. The van der Waals surface area contributed by atoms with Crippen molar-refractivity contribution in [3.05, 3.63) is 11.5 Å². The number of rotatable bonds is 2. The van der Waals surface area contributed by atoms with Gasteiger partial charge in [0, 0.05) is 0 Å². The molecule has 1 aliphatic rings. The summed E-state index contributed by atoms with van der Waals surface area (Å²) in [6, 6.07) is 0. The van der Waals surface area contributed by atoms with E-state index in [1.54, 1.807) is 24.0 Å². The zero-order valence-corrected chi connectivity index (χ0v) is 12.0. The summed E-state index contributed by atoms with van der Waals surface area (Å²) in [5, 5.41) is 7.25. The highest BCUT2D eigenvalue weighted by Crippen LogP contribution is 2.18. The number of hydrazine groups is 2. The van der Waals surface area contributed by atoms with Gasteiger partial charge in [-0.05, 0) is 20.8 Å². The number of carbonyl (C=O) groups is 1. The Balaban J connectivity index is 2.67. The first-order valence-corrected chi connectivity index (χ1v) is 5.84. The largest absolute Gasteiger partial charge is 0.453 e. The summed E-state index contributed by atoms with van der Waals surface area (Å²) in [6.45, 7) is 5.78. The van der Waals surface area contributed by atoms with Crippen LogP contribution in [0.25, 0.3) is 0 Å². The number of ether oxygens (including phenoxy) is 1. The summed E-state index contributed by atoms with van der Waals surface area (Å²) >= 11 is 1.97. The Bertz CT molecular complexity index is 362. The first-order valence-electron chi connectivity index (χ1n) is 4.87. The molecule has 0 aromatic heterocycles. The quantitative estimate of drug-likeness (QED) is 0.226. The van der Waals surface area contributed by atoms with E-state index in [-0.39, 0.29) is 0 Å². The van der Waals surface area contributed by atoms with Crippen molar-refractivity contribution in [1.82, 2.24) is 14.1 Å². The second-order valence-electron chi connectivity index (χ2n) is 4.24. The van der Waals surface area contributed by atoms with Crippen LogP contribution in [0.15, 0.2) is 21.7 Å². The summed E-state index contributed by atoms with van der Waals surface area (Å²) in [4.78, 5) is 11.3. The Hall–Kier alpha value is -0.940. The van der Waals surface area contributed by atoms with Crippen molar-refractivity contribution in [1.29, 1.82) is 0 Å². The Labute approximate surface area is 113 Å². The van der Waals surface area contributed by atoms with E-state index in [1.165, 1.54) is 0 Å². The number of nitrogens with two attached hydrogens (primary N) is 1. The molecular weight excluding hydrogens is 339 g/mol. The molecule has 0 saturated carbocycles. The van der Waals surface area contributed by atoms with Gasteiger partial charge in [0.1, 0.15) is 5.60 Å². The maximum absolute atomic E-state index is 11.3. The van der Waals surface area contributed by atoms with E-state index in [9.17, 15) is 4.79 Å². The van der Waals surface area contributed by atoms with E-state index in [2.05, 4.69) is 21.1 Å². The SMILES string of the molecule is CC(C)(C)OC(=O)N=NC1=C(NN)CNN1I. The minimum atomic E-state index is -0.738.